The molecule has 0 amide bonds. The Morgan fingerprint density at radius 2 is 2.31 bits per heavy atom. The lowest BCUT2D eigenvalue weighted by Crippen LogP contribution is -2.12. The lowest BCUT2D eigenvalue weighted by Gasteiger charge is -2.10. The van der Waals surface area contributed by atoms with Crippen LogP contribution in [0.5, 0.6) is 0 Å². The average Bonchev–Trinajstić information content (AvgIpc) is 2.25. The lowest BCUT2D eigenvalue weighted by atomic mass is 10.1. The Morgan fingerprint density at radius 3 is 2.88 bits per heavy atom. The fourth-order valence-electron chi connectivity index (χ4n) is 1.12. The highest BCUT2D eigenvalue weighted by Gasteiger charge is 2.15. The van der Waals surface area contributed by atoms with Crippen LogP contribution in [0.15, 0.2) is 12.1 Å². The van der Waals surface area contributed by atoms with Gasteiger partial charge in [0.2, 0.25) is 5.82 Å². The first kappa shape index (κ1) is 12.7. The van der Waals surface area contributed by atoms with E-state index in [4.69, 9.17) is 11.6 Å². The maximum Gasteiger partial charge on any atom is 0.311 e. The lowest BCUT2D eigenvalue weighted by molar-refractivity contribution is -0.384. The number of nitrogens with one attached hydrogen (secondary N) is 1. The molecule has 1 N–H and O–H groups in total. The normalized spacial score (nSPS) is 12.2. The molecule has 0 bridgehead atoms. The van der Waals surface area contributed by atoms with Crippen LogP contribution in [-0.4, -0.2) is 16.5 Å². The molecule has 0 saturated carbocycles. The number of hydrogen-bond acceptors (Lipinski definition) is 4. The Bertz CT molecular complexity index is 384. The summed E-state index contributed by atoms with van der Waals surface area (Å²) in [6.07, 6.45) is 1.00. The van der Waals surface area contributed by atoms with Gasteiger partial charge in [0, 0.05) is 12.6 Å². The summed E-state index contributed by atoms with van der Waals surface area (Å²) < 4.78 is 0. The minimum absolute atomic E-state index is 0.0484. The first-order valence-corrected chi connectivity index (χ1v) is 5.47. The number of nitro groups is 1. The number of pyridine rings is 1. The molecule has 0 aliphatic heterocycles. The van der Waals surface area contributed by atoms with E-state index in [1.54, 1.807) is 0 Å². The molecule has 0 aliphatic carbocycles. The second-order valence-corrected chi connectivity index (χ2v) is 4.04. The smallest absolute Gasteiger partial charge is 0.311 e. The van der Waals surface area contributed by atoms with E-state index in [0.29, 0.717) is 12.5 Å². The van der Waals surface area contributed by atoms with Gasteiger partial charge >= 0.3 is 5.69 Å². The Hall–Kier alpha value is -1.36. The molecule has 0 saturated heterocycles. The van der Waals surface area contributed by atoms with E-state index in [9.17, 15) is 10.1 Å². The molecule has 0 aliphatic rings. The number of nitrogens with zero attached hydrogens (tertiary/aromatic N) is 2. The minimum Gasteiger partial charge on any atom is -0.364 e. The summed E-state index contributed by atoms with van der Waals surface area (Å²) in [4.78, 5) is 14.2. The SMILES string of the molecule is CCC(C)CNc1nc(Cl)ccc1[N+](=O)[O-]. The van der Waals surface area contributed by atoms with Crippen molar-refractivity contribution in [3.05, 3.63) is 27.4 Å². The summed E-state index contributed by atoms with van der Waals surface area (Å²) in [6.45, 7) is 4.76. The highest BCUT2D eigenvalue weighted by Crippen LogP contribution is 2.24. The molecule has 16 heavy (non-hydrogen) atoms. The third kappa shape index (κ3) is 3.34. The van der Waals surface area contributed by atoms with E-state index in [-0.39, 0.29) is 16.7 Å². The molecule has 1 aromatic rings. The number of hydrogen-bond donors (Lipinski definition) is 1. The minimum atomic E-state index is -0.470. The quantitative estimate of drug-likeness (QED) is 0.490. The molecule has 5 nitrogen and oxygen atoms in total. The summed E-state index contributed by atoms with van der Waals surface area (Å²) in [5.41, 5.74) is -0.0484. The van der Waals surface area contributed by atoms with E-state index in [0.717, 1.165) is 6.42 Å². The third-order valence-electron chi connectivity index (χ3n) is 2.35. The van der Waals surface area contributed by atoms with Crippen LogP contribution in [0.4, 0.5) is 11.5 Å². The van der Waals surface area contributed by atoms with Crippen molar-refractivity contribution in [3.63, 3.8) is 0 Å². The Balaban J connectivity index is 2.84. The molecular weight excluding hydrogens is 230 g/mol. The molecule has 1 aromatic heterocycles. The van der Waals surface area contributed by atoms with E-state index in [1.807, 2.05) is 0 Å². The van der Waals surface area contributed by atoms with Crippen LogP contribution >= 0.6 is 11.6 Å². The third-order valence-corrected chi connectivity index (χ3v) is 2.56. The number of halogens is 1. The molecule has 0 radical (unpaired) electrons. The van der Waals surface area contributed by atoms with Crippen molar-refractivity contribution in [2.24, 2.45) is 5.92 Å². The van der Waals surface area contributed by atoms with Crippen molar-refractivity contribution in [1.82, 2.24) is 4.98 Å². The van der Waals surface area contributed by atoms with Crippen molar-refractivity contribution >= 4 is 23.1 Å². The van der Waals surface area contributed by atoms with Crippen LogP contribution in [0.3, 0.4) is 0 Å². The van der Waals surface area contributed by atoms with Gasteiger partial charge in [0.05, 0.1) is 4.92 Å². The molecule has 1 unspecified atom stereocenters. The number of aromatic nitrogens is 1. The van der Waals surface area contributed by atoms with Crippen molar-refractivity contribution in [2.75, 3.05) is 11.9 Å². The Morgan fingerprint density at radius 1 is 1.62 bits per heavy atom. The molecule has 6 heteroatoms. The van der Waals surface area contributed by atoms with Crippen molar-refractivity contribution in [3.8, 4) is 0 Å². The van der Waals surface area contributed by atoms with Gasteiger partial charge < -0.3 is 5.32 Å². The average molecular weight is 244 g/mol. The highest BCUT2D eigenvalue weighted by molar-refractivity contribution is 6.29. The maximum absolute atomic E-state index is 10.7. The first-order chi connectivity index (χ1) is 7.54. The topological polar surface area (TPSA) is 68.1 Å². The van der Waals surface area contributed by atoms with Crippen molar-refractivity contribution in [2.45, 2.75) is 20.3 Å². The van der Waals surface area contributed by atoms with Crippen LogP contribution in [0.1, 0.15) is 20.3 Å². The van der Waals surface area contributed by atoms with E-state index >= 15 is 0 Å². The van der Waals surface area contributed by atoms with Crippen molar-refractivity contribution < 1.29 is 4.92 Å². The zero-order valence-corrected chi connectivity index (χ0v) is 9.99. The van der Waals surface area contributed by atoms with Gasteiger partial charge in [-0.2, -0.15) is 0 Å². The van der Waals surface area contributed by atoms with E-state index in [2.05, 4.69) is 24.1 Å². The monoisotopic (exact) mass is 243 g/mol. The fourth-order valence-corrected chi connectivity index (χ4v) is 1.27. The standard InChI is InChI=1S/C10H14ClN3O2/c1-3-7(2)6-12-10-8(14(15)16)4-5-9(11)13-10/h4-5,7H,3,6H2,1-2H3,(H,12,13). The van der Waals surface area contributed by atoms with Gasteiger partial charge in [-0.15, -0.1) is 0 Å². The molecule has 0 fully saturated rings. The van der Waals surface area contributed by atoms with Crippen LogP contribution in [0, 0.1) is 16.0 Å². The van der Waals surface area contributed by atoms with Crippen LogP contribution < -0.4 is 5.32 Å². The highest BCUT2D eigenvalue weighted by atomic mass is 35.5. The van der Waals surface area contributed by atoms with Gasteiger partial charge in [0.1, 0.15) is 5.15 Å². The van der Waals surface area contributed by atoms with Gasteiger partial charge in [-0.25, -0.2) is 4.98 Å². The summed E-state index contributed by atoms with van der Waals surface area (Å²) >= 11 is 5.70. The maximum atomic E-state index is 10.7. The molecular formula is C10H14ClN3O2. The fraction of sp³-hybridized carbons (Fsp3) is 0.500. The summed E-state index contributed by atoms with van der Waals surface area (Å²) in [5, 5.41) is 13.9. The Labute approximate surface area is 99.0 Å². The summed E-state index contributed by atoms with van der Waals surface area (Å²) in [6, 6.07) is 2.77. The van der Waals surface area contributed by atoms with Gasteiger partial charge in [0.15, 0.2) is 0 Å². The van der Waals surface area contributed by atoms with Gasteiger partial charge in [0.25, 0.3) is 0 Å². The summed E-state index contributed by atoms with van der Waals surface area (Å²) in [7, 11) is 0. The largest absolute Gasteiger partial charge is 0.364 e. The molecule has 1 atom stereocenters. The molecule has 0 aromatic carbocycles. The zero-order chi connectivity index (χ0) is 12.1. The molecule has 88 valence electrons. The molecule has 0 spiro atoms. The Kier molecular flexibility index (Phi) is 4.49. The van der Waals surface area contributed by atoms with E-state index in [1.165, 1.54) is 12.1 Å². The van der Waals surface area contributed by atoms with Crippen LogP contribution in [0.25, 0.3) is 0 Å². The number of rotatable bonds is 5. The summed E-state index contributed by atoms with van der Waals surface area (Å²) in [5.74, 6) is 0.665. The second kappa shape index (κ2) is 5.65. The van der Waals surface area contributed by atoms with E-state index < -0.39 is 4.92 Å². The van der Waals surface area contributed by atoms with Crippen LogP contribution in [-0.2, 0) is 0 Å². The first-order valence-electron chi connectivity index (χ1n) is 5.09. The number of anilines is 1. The van der Waals surface area contributed by atoms with Crippen molar-refractivity contribution in [1.29, 1.82) is 0 Å². The molecule has 1 heterocycles. The van der Waals surface area contributed by atoms with Crippen LogP contribution in [0.2, 0.25) is 5.15 Å². The van der Waals surface area contributed by atoms with Gasteiger partial charge in [-0.05, 0) is 12.0 Å². The molecule has 1 rings (SSSR count). The zero-order valence-electron chi connectivity index (χ0n) is 9.24. The van der Waals surface area contributed by atoms with Gasteiger partial charge in [-0.3, -0.25) is 10.1 Å². The predicted molar refractivity (Wildman–Crippen MR) is 63.8 cm³/mol. The van der Waals surface area contributed by atoms with Gasteiger partial charge in [-0.1, -0.05) is 31.9 Å². The second-order valence-electron chi connectivity index (χ2n) is 3.65. The predicted octanol–water partition coefficient (Wildman–Crippen LogP) is 3.10.